The molecule has 1 fully saturated rings. The maximum Gasteiger partial charge on any atom is 0.259 e. The van der Waals surface area contributed by atoms with E-state index in [0.717, 1.165) is 30.0 Å². The fourth-order valence-corrected chi connectivity index (χ4v) is 5.19. The summed E-state index contributed by atoms with van der Waals surface area (Å²) in [4.78, 5) is 17.8. The van der Waals surface area contributed by atoms with Crippen molar-refractivity contribution < 1.29 is 18.8 Å². The average molecular weight is 560 g/mol. The molecule has 0 spiro atoms. The number of benzene rings is 3. The molecule has 0 bridgehead atoms. The third kappa shape index (κ3) is 6.39. The zero-order chi connectivity index (χ0) is 28.1. The van der Waals surface area contributed by atoms with E-state index >= 15 is 0 Å². The molecular formula is C32H34ClN3O4. The van der Waals surface area contributed by atoms with Crippen LogP contribution in [0.3, 0.4) is 0 Å². The van der Waals surface area contributed by atoms with Crippen molar-refractivity contribution in [2.24, 2.45) is 0 Å². The summed E-state index contributed by atoms with van der Waals surface area (Å²) in [6.45, 7) is 7.70. The van der Waals surface area contributed by atoms with Crippen molar-refractivity contribution in [3.8, 4) is 17.0 Å². The summed E-state index contributed by atoms with van der Waals surface area (Å²) in [5.41, 5.74) is 5.06. The molecule has 1 aliphatic rings. The molecule has 4 aromatic rings. The van der Waals surface area contributed by atoms with Gasteiger partial charge in [0.05, 0.1) is 24.8 Å². The number of aryl methyl sites for hydroxylation is 2. The van der Waals surface area contributed by atoms with Crippen LogP contribution in [0.4, 0.5) is 0 Å². The summed E-state index contributed by atoms with van der Waals surface area (Å²) in [6, 6.07) is 23.8. The van der Waals surface area contributed by atoms with E-state index in [1.165, 1.54) is 5.56 Å². The Morgan fingerprint density at radius 3 is 2.48 bits per heavy atom. The molecule has 0 saturated carbocycles. The minimum atomic E-state index is -0.147. The predicted octanol–water partition coefficient (Wildman–Crippen LogP) is 6.34. The largest absolute Gasteiger partial charge is 0.497 e. The molecule has 0 unspecified atom stereocenters. The molecule has 1 aromatic heterocycles. The Hall–Kier alpha value is -3.65. The Labute approximate surface area is 240 Å². The molecule has 8 heteroatoms. The number of ether oxygens (including phenoxy) is 2. The van der Waals surface area contributed by atoms with Gasteiger partial charge in [0.2, 0.25) is 0 Å². The lowest BCUT2D eigenvalue weighted by Crippen LogP contribution is -2.49. The summed E-state index contributed by atoms with van der Waals surface area (Å²) in [7, 11) is 1.67. The van der Waals surface area contributed by atoms with Gasteiger partial charge in [-0.1, -0.05) is 76.9 Å². The van der Waals surface area contributed by atoms with Crippen LogP contribution in [0.25, 0.3) is 11.3 Å². The Balaban J connectivity index is 1.27. The molecule has 1 atom stereocenters. The van der Waals surface area contributed by atoms with Gasteiger partial charge >= 0.3 is 0 Å². The van der Waals surface area contributed by atoms with Gasteiger partial charge in [-0.2, -0.15) is 0 Å². The van der Waals surface area contributed by atoms with Crippen molar-refractivity contribution in [1.29, 1.82) is 0 Å². The smallest absolute Gasteiger partial charge is 0.259 e. The van der Waals surface area contributed by atoms with Crippen molar-refractivity contribution >= 4 is 17.5 Å². The van der Waals surface area contributed by atoms with Crippen LogP contribution in [0.1, 0.15) is 38.9 Å². The van der Waals surface area contributed by atoms with Gasteiger partial charge in [0.15, 0.2) is 0 Å². The molecule has 7 nitrogen and oxygen atoms in total. The second-order valence-corrected chi connectivity index (χ2v) is 10.5. The van der Waals surface area contributed by atoms with E-state index in [4.69, 9.17) is 25.6 Å². The number of halogens is 1. The van der Waals surface area contributed by atoms with Crippen LogP contribution in [0, 0.1) is 13.8 Å². The molecule has 1 aliphatic heterocycles. The average Bonchev–Trinajstić information content (AvgIpc) is 3.37. The molecule has 0 aliphatic carbocycles. The van der Waals surface area contributed by atoms with Gasteiger partial charge in [0.25, 0.3) is 5.91 Å². The van der Waals surface area contributed by atoms with Crippen LogP contribution < -0.4 is 4.74 Å². The summed E-state index contributed by atoms with van der Waals surface area (Å²) in [5.74, 6) is 1.20. The van der Waals surface area contributed by atoms with E-state index in [1.54, 1.807) is 20.1 Å². The number of nitrogens with zero attached hydrogens (tertiary/aromatic N) is 3. The lowest BCUT2D eigenvalue weighted by atomic mass is 10.0. The molecular weight excluding hydrogens is 526 g/mol. The maximum atomic E-state index is 13.6. The van der Waals surface area contributed by atoms with Gasteiger partial charge in [-0.15, -0.1) is 0 Å². The first-order valence-electron chi connectivity index (χ1n) is 13.5. The first-order valence-corrected chi connectivity index (χ1v) is 13.8. The monoisotopic (exact) mass is 559 g/mol. The summed E-state index contributed by atoms with van der Waals surface area (Å²) in [6.07, 6.45) is -0.147. The third-order valence-corrected chi connectivity index (χ3v) is 7.66. The second-order valence-electron chi connectivity index (χ2n) is 10.1. The van der Waals surface area contributed by atoms with Gasteiger partial charge in [-0.05, 0) is 43.2 Å². The van der Waals surface area contributed by atoms with Gasteiger partial charge in [0.1, 0.15) is 22.8 Å². The van der Waals surface area contributed by atoms with Crippen LogP contribution in [-0.2, 0) is 11.3 Å². The number of hydrogen-bond acceptors (Lipinski definition) is 6. The number of carbonyl (C=O) groups excluding carboxylic acids is 1. The van der Waals surface area contributed by atoms with E-state index < -0.39 is 0 Å². The number of amides is 1. The van der Waals surface area contributed by atoms with E-state index in [0.29, 0.717) is 53.8 Å². The lowest BCUT2D eigenvalue weighted by Gasteiger charge is -2.36. The molecule has 40 heavy (non-hydrogen) atoms. The fraction of sp³-hybridized carbons (Fsp3) is 0.312. The standard InChI is InChI=1S/C32H34ClN3O4/c1-22-11-13-24(14-12-22)21-39-29(25-7-6-8-26(19-25)38-3)20-35-15-17-36(18-16-35)32(37)30-23(2)40-34-31(30)27-9-4-5-10-28(27)33/h4-14,19,29H,15-18,20-21H2,1-3H3/t29-/m0/s1. The normalized spacial score (nSPS) is 14.8. The van der Waals surface area contributed by atoms with Crippen LogP contribution in [0.15, 0.2) is 77.3 Å². The van der Waals surface area contributed by atoms with Crippen molar-refractivity contribution in [2.75, 3.05) is 39.8 Å². The van der Waals surface area contributed by atoms with Gasteiger partial charge in [-0.3, -0.25) is 9.69 Å². The fourth-order valence-electron chi connectivity index (χ4n) is 4.96. The van der Waals surface area contributed by atoms with E-state index in [1.807, 2.05) is 41.3 Å². The molecule has 0 radical (unpaired) electrons. The highest BCUT2D eigenvalue weighted by molar-refractivity contribution is 6.33. The maximum absolute atomic E-state index is 13.6. The highest BCUT2D eigenvalue weighted by Gasteiger charge is 2.30. The van der Waals surface area contributed by atoms with Gasteiger partial charge in [0, 0.05) is 38.3 Å². The van der Waals surface area contributed by atoms with E-state index in [-0.39, 0.29) is 12.0 Å². The SMILES string of the molecule is COc1cccc([C@H](CN2CCN(C(=O)c3c(-c4ccccc4Cl)noc3C)CC2)OCc2ccc(C)cc2)c1. The topological polar surface area (TPSA) is 68.0 Å². The minimum absolute atomic E-state index is 0.0895. The molecule has 0 N–H and O–H groups in total. The molecule has 3 aromatic carbocycles. The summed E-state index contributed by atoms with van der Waals surface area (Å²) >= 11 is 6.41. The molecule has 1 amide bonds. The third-order valence-electron chi connectivity index (χ3n) is 7.33. The van der Waals surface area contributed by atoms with Crippen LogP contribution in [0.5, 0.6) is 5.75 Å². The van der Waals surface area contributed by atoms with Crippen molar-refractivity contribution in [3.05, 3.63) is 106 Å². The molecule has 2 heterocycles. The van der Waals surface area contributed by atoms with Crippen LogP contribution >= 0.6 is 11.6 Å². The lowest BCUT2D eigenvalue weighted by molar-refractivity contribution is 0.00332. The Kier molecular flexibility index (Phi) is 8.85. The van der Waals surface area contributed by atoms with Gasteiger partial charge in [-0.25, -0.2) is 0 Å². The highest BCUT2D eigenvalue weighted by Crippen LogP contribution is 2.32. The van der Waals surface area contributed by atoms with E-state index in [2.05, 4.69) is 47.3 Å². The first kappa shape index (κ1) is 27.9. The zero-order valence-corrected chi connectivity index (χ0v) is 23.9. The van der Waals surface area contributed by atoms with Crippen molar-refractivity contribution in [1.82, 2.24) is 15.0 Å². The number of carbonyl (C=O) groups is 1. The van der Waals surface area contributed by atoms with Crippen molar-refractivity contribution in [3.63, 3.8) is 0 Å². The molecule has 1 saturated heterocycles. The number of methoxy groups -OCH3 is 1. The van der Waals surface area contributed by atoms with Crippen LogP contribution in [0.2, 0.25) is 5.02 Å². The Morgan fingerprint density at radius 2 is 1.75 bits per heavy atom. The van der Waals surface area contributed by atoms with Crippen LogP contribution in [-0.4, -0.2) is 60.7 Å². The predicted molar refractivity (Wildman–Crippen MR) is 156 cm³/mol. The molecule has 208 valence electrons. The first-order chi connectivity index (χ1) is 19.4. The second kappa shape index (κ2) is 12.7. The quantitative estimate of drug-likeness (QED) is 0.238. The Bertz CT molecular complexity index is 1440. The minimum Gasteiger partial charge on any atom is -0.497 e. The van der Waals surface area contributed by atoms with Gasteiger partial charge < -0.3 is 18.9 Å². The summed E-state index contributed by atoms with van der Waals surface area (Å²) < 4.78 is 17.4. The zero-order valence-electron chi connectivity index (χ0n) is 23.1. The molecule has 5 rings (SSSR count). The number of piperazine rings is 1. The number of hydrogen-bond donors (Lipinski definition) is 0. The number of rotatable bonds is 9. The van der Waals surface area contributed by atoms with Crippen molar-refractivity contribution in [2.45, 2.75) is 26.6 Å². The highest BCUT2D eigenvalue weighted by atomic mass is 35.5. The summed E-state index contributed by atoms with van der Waals surface area (Å²) in [5, 5.41) is 4.70. The van der Waals surface area contributed by atoms with E-state index in [9.17, 15) is 4.79 Å². The Morgan fingerprint density at radius 1 is 1.00 bits per heavy atom. The number of aromatic nitrogens is 1.